The van der Waals surface area contributed by atoms with Crippen molar-refractivity contribution in [3.63, 3.8) is 0 Å². The number of carbonyl (C=O) groups excluding carboxylic acids is 2. The van der Waals surface area contributed by atoms with Crippen LogP contribution >= 0.6 is 0 Å². The Balaban J connectivity index is 2.40. The van der Waals surface area contributed by atoms with E-state index in [1.807, 2.05) is 20.8 Å². The Morgan fingerprint density at radius 3 is 2.28 bits per heavy atom. The third-order valence-corrected chi connectivity index (χ3v) is 4.37. The molecule has 0 aliphatic carbocycles. The van der Waals surface area contributed by atoms with Gasteiger partial charge in [0.2, 0.25) is 5.91 Å². The first-order valence-electron chi connectivity index (χ1n) is 8.06. The fourth-order valence-corrected chi connectivity index (χ4v) is 2.83. The van der Waals surface area contributed by atoms with Crippen LogP contribution < -0.4 is 9.47 Å². The summed E-state index contributed by atoms with van der Waals surface area (Å²) in [6.45, 7) is 5.50. The molecule has 138 valence electrons. The summed E-state index contributed by atoms with van der Waals surface area (Å²) >= 11 is 0. The number of hydrogen-bond acceptors (Lipinski definition) is 6. The van der Waals surface area contributed by atoms with Gasteiger partial charge in [-0.15, -0.1) is 0 Å². The fourth-order valence-electron chi connectivity index (χ4n) is 2.83. The van der Waals surface area contributed by atoms with Crippen molar-refractivity contribution >= 4 is 12.0 Å². The zero-order valence-corrected chi connectivity index (χ0v) is 15.2. The first-order chi connectivity index (χ1) is 11.7. The summed E-state index contributed by atoms with van der Waals surface area (Å²) in [6.07, 6.45) is -0.682. The van der Waals surface area contributed by atoms with Crippen LogP contribution in [0.4, 0.5) is 4.79 Å². The summed E-state index contributed by atoms with van der Waals surface area (Å²) in [5.41, 5.74) is 0.171. The van der Waals surface area contributed by atoms with Gasteiger partial charge in [0.15, 0.2) is 0 Å². The van der Waals surface area contributed by atoms with Crippen LogP contribution in [0, 0.1) is 5.41 Å². The Kier molecular flexibility index (Phi) is 5.57. The minimum Gasteiger partial charge on any atom is -0.497 e. The minimum atomic E-state index is -0.917. The Morgan fingerprint density at radius 1 is 1.28 bits per heavy atom. The molecule has 0 unspecified atom stereocenters. The number of cyclic esters (lactones) is 1. The highest BCUT2D eigenvalue weighted by atomic mass is 16.6. The highest BCUT2D eigenvalue weighted by molar-refractivity contribution is 5.97. The van der Waals surface area contributed by atoms with Crippen LogP contribution in [-0.2, 0) is 9.53 Å². The zero-order valence-electron chi connectivity index (χ0n) is 15.2. The quantitative estimate of drug-likeness (QED) is 0.875. The van der Waals surface area contributed by atoms with E-state index in [9.17, 15) is 14.7 Å². The second-order valence-electron chi connectivity index (χ2n) is 7.05. The Morgan fingerprint density at radius 2 is 1.84 bits per heavy atom. The van der Waals surface area contributed by atoms with E-state index < -0.39 is 30.6 Å². The first-order valence-corrected chi connectivity index (χ1v) is 8.06. The smallest absolute Gasteiger partial charge is 0.417 e. The van der Waals surface area contributed by atoms with Crippen molar-refractivity contribution in [3.05, 3.63) is 23.8 Å². The molecular weight excluding hydrogens is 326 g/mol. The maximum atomic E-state index is 13.0. The Labute approximate surface area is 147 Å². The van der Waals surface area contributed by atoms with Crippen molar-refractivity contribution in [1.29, 1.82) is 0 Å². The number of carbonyl (C=O) groups is 2. The number of aliphatic hydroxyl groups excluding tert-OH is 1. The Bertz CT molecular complexity index is 629. The van der Waals surface area contributed by atoms with Gasteiger partial charge in [0, 0.05) is 6.07 Å². The molecule has 0 saturated carbocycles. The molecule has 1 N–H and O–H groups in total. The van der Waals surface area contributed by atoms with Gasteiger partial charge in [-0.2, -0.15) is 0 Å². The summed E-state index contributed by atoms with van der Waals surface area (Å²) in [6, 6.07) is 4.57. The van der Waals surface area contributed by atoms with E-state index in [1.165, 1.54) is 14.2 Å². The van der Waals surface area contributed by atoms with Crippen LogP contribution in [0.15, 0.2) is 18.2 Å². The van der Waals surface area contributed by atoms with Gasteiger partial charge in [0.25, 0.3) is 0 Å². The van der Waals surface area contributed by atoms with Crippen molar-refractivity contribution in [1.82, 2.24) is 4.90 Å². The summed E-state index contributed by atoms with van der Waals surface area (Å²) < 4.78 is 15.5. The lowest BCUT2D eigenvalue weighted by Gasteiger charge is -2.32. The molecular formula is C18H25NO6. The number of methoxy groups -OCH3 is 2. The van der Waals surface area contributed by atoms with E-state index in [0.29, 0.717) is 17.1 Å². The molecule has 7 heteroatoms. The van der Waals surface area contributed by atoms with Gasteiger partial charge >= 0.3 is 6.09 Å². The summed E-state index contributed by atoms with van der Waals surface area (Å²) in [4.78, 5) is 26.3. The molecule has 1 heterocycles. The van der Waals surface area contributed by atoms with E-state index in [0.717, 1.165) is 4.90 Å². The van der Waals surface area contributed by atoms with Crippen molar-refractivity contribution in [2.24, 2.45) is 5.41 Å². The topological polar surface area (TPSA) is 85.3 Å². The highest BCUT2D eigenvalue weighted by Gasteiger charge is 2.46. The number of ether oxygens (including phenoxy) is 3. The number of hydrogen-bond donors (Lipinski definition) is 1. The fraction of sp³-hybridized carbons (Fsp3) is 0.556. The van der Waals surface area contributed by atoms with Gasteiger partial charge in [-0.1, -0.05) is 20.8 Å². The van der Waals surface area contributed by atoms with Gasteiger partial charge in [0.05, 0.1) is 32.8 Å². The van der Waals surface area contributed by atoms with Crippen LogP contribution in [-0.4, -0.2) is 55.5 Å². The van der Waals surface area contributed by atoms with E-state index in [1.54, 1.807) is 18.2 Å². The maximum absolute atomic E-state index is 13.0. The van der Waals surface area contributed by atoms with E-state index in [4.69, 9.17) is 14.2 Å². The number of benzene rings is 1. The standard InChI is InChI=1S/C18H25NO6/c1-18(2,3)15-10-25-17(22)19(15)16(21)14(9-20)11-6-12(23-4)8-13(7-11)24-5/h6-8,14-15,20H,9-10H2,1-5H3/t14-,15+/m0/s1. The predicted octanol–water partition coefficient (Wildman–Crippen LogP) is 2.17. The molecule has 0 radical (unpaired) electrons. The monoisotopic (exact) mass is 351 g/mol. The normalized spacial score (nSPS) is 18.7. The van der Waals surface area contributed by atoms with Gasteiger partial charge in [-0.25, -0.2) is 9.69 Å². The predicted molar refractivity (Wildman–Crippen MR) is 90.8 cm³/mol. The third-order valence-electron chi connectivity index (χ3n) is 4.37. The molecule has 25 heavy (non-hydrogen) atoms. The number of nitrogens with zero attached hydrogens (tertiary/aromatic N) is 1. The SMILES string of the molecule is COc1cc(OC)cc([C@H](CO)C(=O)N2C(=O)OC[C@@H]2C(C)(C)C)c1. The van der Waals surface area contributed by atoms with Crippen LogP contribution in [0.2, 0.25) is 0 Å². The summed E-state index contributed by atoms with van der Waals surface area (Å²) in [5, 5.41) is 9.83. The highest BCUT2D eigenvalue weighted by Crippen LogP contribution is 2.34. The van der Waals surface area contributed by atoms with E-state index in [-0.39, 0.29) is 12.0 Å². The third kappa shape index (κ3) is 3.87. The molecule has 2 atom stereocenters. The number of imide groups is 1. The summed E-state index contributed by atoms with van der Waals surface area (Å²) in [5.74, 6) is -0.423. The lowest BCUT2D eigenvalue weighted by Crippen LogP contribution is -2.48. The molecule has 1 aliphatic rings. The molecule has 0 aromatic heterocycles. The van der Waals surface area contributed by atoms with Gasteiger partial charge in [-0.3, -0.25) is 4.79 Å². The second kappa shape index (κ2) is 7.31. The average Bonchev–Trinajstić information content (AvgIpc) is 2.96. The lowest BCUT2D eigenvalue weighted by molar-refractivity contribution is -0.133. The Hall–Kier alpha value is -2.28. The molecule has 1 saturated heterocycles. The maximum Gasteiger partial charge on any atom is 0.417 e. The largest absolute Gasteiger partial charge is 0.497 e. The lowest BCUT2D eigenvalue weighted by atomic mass is 9.85. The van der Waals surface area contributed by atoms with Crippen LogP contribution in [0.25, 0.3) is 0 Å². The van der Waals surface area contributed by atoms with Crippen molar-refractivity contribution in [2.75, 3.05) is 27.4 Å². The van der Waals surface area contributed by atoms with Crippen LogP contribution in [0.5, 0.6) is 11.5 Å². The molecule has 1 fully saturated rings. The molecule has 1 aromatic rings. The molecule has 7 nitrogen and oxygen atoms in total. The van der Waals surface area contributed by atoms with Gasteiger partial charge in [0.1, 0.15) is 18.1 Å². The van der Waals surface area contributed by atoms with Crippen molar-refractivity contribution in [3.8, 4) is 11.5 Å². The first kappa shape index (κ1) is 19.1. The number of amides is 2. The number of aliphatic hydroxyl groups is 1. The molecule has 1 aliphatic heterocycles. The van der Waals surface area contributed by atoms with Gasteiger partial charge in [-0.05, 0) is 23.1 Å². The van der Waals surface area contributed by atoms with Crippen molar-refractivity contribution in [2.45, 2.75) is 32.7 Å². The molecule has 2 rings (SSSR count). The van der Waals surface area contributed by atoms with Crippen LogP contribution in [0.3, 0.4) is 0 Å². The van der Waals surface area contributed by atoms with E-state index >= 15 is 0 Å². The zero-order chi connectivity index (χ0) is 18.8. The minimum absolute atomic E-state index is 0.146. The second-order valence-corrected chi connectivity index (χ2v) is 7.05. The molecule has 1 aromatic carbocycles. The van der Waals surface area contributed by atoms with Gasteiger partial charge < -0.3 is 19.3 Å². The van der Waals surface area contributed by atoms with Crippen LogP contribution in [0.1, 0.15) is 32.3 Å². The van der Waals surface area contributed by atoms with Crippen molar-refractivity contribution < 1.29 is 28.9 Å². The number of rotatable bonds is 5. The van der Waals surface area contributed by atoms with E-state index in [2.05, 4.69) is 0 Å². The molecule has 0 bridgehead atoms. The molecule has 0 spiro atoms. The average molecular weight is 351 g/mol. The summed E-state index contributed by atoms with van der Waals surface area (Å²) in [7, 11) is 3.00. The molecule has 2 amide bonds.